The third-order valence-electron chi connectivity index (χ3n) is 7.72. The van der Waals surface area contributed by atoms with Gasteiger partial charge in [-0.1, -0.05) is 98.8 Å². The van der Waals surface area contributed by atoms with Crippen LogP contribution in [0.4, 0.5) is 0 Å². The van der Waals surface area contributed by atoms with Gasteiger partial charge in [-0.05, 0) is 90.0 Å². The molecule has 0 aromatic heterocycles. The molecule has 0 aliphatic rings. The Labute approximate surface area is 264 Å². The highest BCUT2D eigenvalue weighted by Gasteiger charge is 2.00. The molecule has 0 spiro atoms. The Bertz CT molecular complexity index is 689. The summed E-state index contributed by atoms with van der Waals surface area (Å²) in [7, 11) is 3.40. The molecule has 250 valence electrons. The van der Waals surface area contributed by atoms with Crippen LogP contribution in [-0.4, -0.2) is 25.8 Å². The second-order valence-corrected chi connectivity index (χ2v) is 12.0. The van der Waals surface area contributed by atoms with E-state index >= 15 is 0 Å². The van der Waals surface area contributed by atoms with Gasteiger partial charge >= 0.3 is 0 Å². The highest BCUT2D eigenvalue weighted by atomic mass is 16.5. The van der Waals surface area contributed by atoms with Crippen LogP contribution in [0.1, 0.15) is 166 Å². The molecule has 4 nitrogen and oxygen atoms in total. The fourth-order valence-corrected chi connectivity index (χ4v) is 3.38. The number of hydrogen-bond donors (Lipinski definition) is 0. The van der Waals surface area contributed by atoms with Gasteiger partial charge in [0, 0.05) is 19.3 Å². The molecule has 0 saturated carbocycles. The fraction of sp³-hybridized carbons (Fsp3) is 0.789. The van der Waals surface area contributed by atoms with Crippen LogP contribution in [0.15, 0.2) is 35.8 Å². The number of Topliss-reactive ketones (excluding diaryl/α,β-unsaturated/α-hetero) is 2. The summed E-state index contributed by atoms with van der Waals surface area (Å²) >= 11 is 0. The first-order valence-corrected chi connectivity index (χ1v) is 16.8. The van der Waals surface area contributed by atoms with Gasteiger partial charge in [-0.25, -0.2) is 0 Å². The molecule has 0 amide bonds. The summed E-state index contributed by atoms with van der Waals surface area (Å²) in [5.41, 5.74) is 1.38. The van der Waals surface area contributed by atoms with E-state index in [-0.39, 0.29) is 5.78 Å². The standard InChI is InChI=1S/2C10H20O.C9H18O.C9H16O/c2*1-5-9(2)7-6-8-10(3)11-4;2*1-4-8(2)6-5-7-9(3)10/h8-9H,5-7H2,1-4H3;9H,3,5-8H2,1-2,4H3;8H,4-7H2,1-3H3;6H,4-5,7H2,1-3H3/b10-8+;;;8-6+. The number of methoxy groups -OCH3 is 2. The van der Waals surface area contributed by atoms with Crippen LogP contribution >= 0.6 is 0 Å². The van der Waals surface area contributed by atoms with E-state index in [2.05, 4.69) is 74.1 Å². The van der Waals surface area contributed by atoms with Gasteiger partial charge in [0.05, 0.1) is 25.7 Å². The van der Waals surface area contributed by atoms with Gasteiger partial charge in [-0.2, -0.15) is 0 Å². The Kier molecular flexibility index (Phi) is 39.7. The summed E-state index contributed by atoms with van der Waals surface area (Å²) in [6.07, 6.45) is 19.8. The van der Waals surface area contributed by atoms with Crippen LogP contribution in [0.2, 0.25) is 0 Å². The second kappa shape index (κ2) is 35.4. The molecule has 0 bridgehead atoms. The number of ketones is 2. The number of allylic oxidation sites excluding steroid dienone is 5. The summed E-state index contributed by atoms with van der Waals surface area (Å²) in [6.45, 7) is 26.8. The molecule has 0 rings (SSSR count). The lowest BCUT2D eigenvalue weighted by molar-refractivity contribution is -0.117. The molecule has 0 heterocycles. The van der Waals surface area contributed by atoms with Gasteiger partial charge in [0.15, 0.2) is 0 Å². The number of carbonyl (C=O) groups is 2. The molecule has 42 heavy (non-hydrogen) atoms. The molecule has 0 aliphatic carbocycles. The maximum absolute atomic E-state index is 10.5. The number of rotatable bonds is 20. The van der Waals surface area contributed by atoms with Crippen molar-refractivity contribution in [3.05, 3.63) is 35.8 Å². The molecule has 0 aliphatic heterocycles. The van der Waals surface area contributed by atoms with Crippen molar-refractivity contribution in [2.45, 2.75) is 166 Å². The maximum atomic E-state index is 10.5. The zero-order valence-corrected chi connectivity index (χ0v) is 30.6. The summed E-state index contributed by atoms with van der Waals surface area (Å²) in [5, 5.41) is 0. The quantitative estimate of drug-likeness (QED) is 0.104. The minimum Gasteiger partial charge on any atom is -0.502 e. The first-order chi connectivity index (χ1) is 19.7. The van der Waals surface area contributed by atoms with E-state index in [1.807, 2.05) is 6.92 Å². The minimum absolute atomic E-state index is 0.278. The van der Waals surface area contributed by atoms with Gasteiger partial charge < -0.3 is 19.1 Å². The Morgan fingerprint density at radius 2 is 1.10 bits per heavy atom. The maximum Gasteiger partial charge on any atom is 0.130 e. The minimum atomic E-state index is 0.278. The van der Waals surface area contributed by atoms with E-state index in [0.717, 1.165) is 67.8 Å². The van der Waals surface area contributed by atoms with Crippen LogP contribution in [0.25, 0.3) is 0 Å². The SMILES string of the molecule is C=C(CCCC(C)CC)OC.CC/C(C)=C/CCC(C)=O.CCC(C)CC/C=C(\C)OC.CCC(C)CCCC(C)=O. The molecule has 0 aromatic rings. The smallest absolute Gasteiger partial charge is 0.130 e. The molecule has 0 aromatic carbocycles. The van der Waals surface area contributed by atoms with Crippen molar-refractivity contribution in [3.63, 3.8) is 0 Å². The lowest BCUT2D eigenvalue weighted by Crippen LogP contribution is -1.95. The van der Waals surface area contributed by atoms with E-state index in [1.165, 1.54) is 50.5 Å². The molecule has 0 N–H and O–H groups in total. The molecular formula is C38H74O4. The predicted molar refractivity (Wildman–Crippen MR) is 187 cm³/mol. The van der Waals surface area contributed by atoms with Crippen LogP contribution in [0, 0.1) is 17.8 Å². The predicted octanol–water partition coefficient (Wildman–Crippen LogP) is 12.2. The van der Waals surface area contributed by atoms with Crippen LogP contribution < -0.4 is 0 Å². The van der Waals surface area contributed by atoms with Crippen LogP contribution in [0.3, 0.4) is 0 Å². The van der Waals surface area contributed by atoms with Crippen molar-refractivity contribution in [3.8, 4) is 0 Å². The van der Waals surface area contributed by atoms with Gasteiger partial charge in [0.25, 0.3) is 0 Å². The van der Waals surface area contributed by atoms with Gasteiger partial charge in [-0.15, -0.1) is 0 Å². The van der Waals surface area contributed by atoms with E-state index in [1.54, 1.807) is 28.1 Å². The van der Waals surface area contributed by atoms with Crippen molar-refractivity contribution >= 4 is 11.6 Å². The molecule has 0 fully saturated rings. The summed E-state index contributed by atoms with van der Waals surface area (Å²) < 4.78 is 10.00. The molecule has 0 radical (unpaired) electrons. The Balaban J connectivity index is -0.000000229. The van der Waals surface area contributed by atoms with Crippen molar-refractivity contribution in [1.29, 1.82) is 0 Å². The number of hydrogen-bond acceptors (Lipinski definition) is 4. The zero-order valence-electron chi connectivity index (χ0n) is 30.6. The highest BCUT2D eigenvalue weighted by molar-refractivity contribution is 5.75. The van der Waals surface area contributed by atoms with E-state index in [9.17, 15) is 9.59 Å². The van der Waals surface area contributed by atoms with Crippen molar-refractivity contribution in [2.75, 3.05) is 14.2 Å². The van der Waals surface area contributed by atoms with Crippen molar-refractivity contribution in [1.82, 2.24) is 0 Å². The first-order valence-electron chi connectivity index (χ1n) is 16.8. The highest BCUT2D eigenvalue weighted by Crippen LogP contribution is 2.14. The van der Waals surface area contributed by atoms with Crippen molar-refractivity contribution < 1.29 is 19.1 Å². The molecule has 4 heteroatoms. The van der Waals surface area contributed by atoms with Crippen LogP contribution in [-0.2, 0) is 19.1 Å². The number of ether oxygens (including phenoxy) is 2. The monoisotopic (exact) mass is 595 g/mol. The van der Waals surface area contributed by atoms with Crippen LogP contribution in [0.5, 0.6) is 0 Å². The summed E-state index contributed by atoms with van der Waals surface area (Å²) in [6, 6.07) is 0. The Morgan fingerprint density at radius 3 is 1.48 bits per heavy atom. The van der Waals surface area contributed by atoms with Gasteiger partial charge in [-0.3, -0.25) is 0 Å². The first kappa shape index (κ1) is 47.1. The number of carbonyl (C=O) groups excluding carboxylic acids is 2. The van der Waals surface area contributed by atoms with E-state index < -0.39 is 0 Å². The third kappa shape index (κ3) is 45.2. The lowest BCUT2D eigenvalue weighted by Gasteiger charge is -2.08. The summed E-state index contributed by atoms with van der Waals surface area (Å²) in [5.74, 6) is 5.03. The fourth-order valence-electron chi connectivity index (χ4n) is 3.38. The molecule has 0 saturated heterocycles. The Morgan fingerprint density at radius 1 is 0.643 bits per heavy atom. The Hall–Kier alpha value is -1.84. The zero-order chi connectivity index (χ0) is 33.3. The van der Waals surface area contributed by atoms with Gasteiger partial charge in [0.2, 0.25) is 0 Å². The second-order valence-electron chi connectivity index (χ2n) is 12.0. The molecular weight excluding hydrogens is 520 g/mol. The average molecular weight is 595 g/mol. The average Bonchev–Trinajstić information content (AvgIpc) is 2.96. The molecule has 3 unspecified atom stereocenters. The molecule has 3 atom stereocenters. The largest absolute Gasteiger partial charge is 0.502 e. The summed E-state index contributed by atoms with van der Waals surface area (Å²) in [4.78, 5) is 21.0. The van der Waals surface area contributed by atoms with Gasteiger partial charge in [0.1, 0.15) is 11.6 Å². The topological polar surface area (TPSA) is 52.6 Å². The van der Waals surface area contributed by atoms with E-state index in [4.69, 9.17) is 9.47 Å². The lowest BCUT2D eigenvalue weighted by atomic mass is 10.0. The van der Waals surface area contributed by atoms with E-state index in [0.29, 0.717) is 12.2 Å². The normalized spacial score (nSPS) is 13.1. The third-order valence-corrected chi connectivity index (χ3v) is 7.72. The van der Waals surface area contributed by atoms with Crippen molar-refractivity contribution in [2.24, 2.45) is 17.8 Å².